The molecule has 1 aliphatic rings. The van der Waals surface area contributed by atoms with Crippen LogP contribution in [0.2, 0.25) is 0 Å². The Morgan fingerprint density at radius 3 is 3.00 bits per heavy atom. The Hall–Kier alpha value is -2.30. The number of methoxy groups -OCH3 is 1. The Morgan fingerprint density at radius 2 is 2.21 bits per heavy atom. The average Bonchev–Trinajstić information content (AvgIpc) is 3.25. The van der Waals surface area contributed by atoms with Crippen molar-refractivity contribution < 1.29 is 9.53 Å². The molecule has 1 heterocycles. The molecule has 0 spiro atoms. The Bertz CT molecular complexity index is 675. The smallest absolute Gasteiger partial charge is 0.224 e. The first kappa shape index (κ1) is 16.6. The van der Waals surface area contributed by atoms with Crippen LogP contribution in [-0.4, -0.2) is 22.8 Å². The molecule has 3 rings (SSSR count). The van der Waals surface area contributed by atoms with Crippen molar-refractivity contribution in [3.8, 4) is 5.75 Å². The second-order valence-electron chi connectivity index (χ2n) is 6.52. The number of carbonyl (C=O) groups is 1. The molecule has 2 aromatic rings. The fraction of sp³-hybridized carbons (Fsp3) is 0.474. The highest BCUT2D eigenvalue weighted by Crippen LogP contribution is 2.28. The highest BCUT2D eigenvalue weighted by Gasteiger charge is 2.16. The van der Waals surface area contributed by atoms with Crippen LogP contribution in [0.1, 0.15) is 44.1 Å². The molecular weight excluding hydrogens is 302 g/mol. The number of ether oxygens (including phenoxy) is 1. The van der Waals surface area contributed by atoms with Gasteiger partial charge in [0.25, 0.3) is 0 Å². The molecule has 1 fully saturated rings. The molecule has 5 nitrogen and oxygen atoms in total. The Balaban J connectivity index is 1.50. The van der Waals surface area contributed by atoms with E-state index in [-0.39, 0.29) is 5.91 Å². The van der Waals surface area contributed by atoms with Crippen LogP contribution in [0.3, 0.4) is 0 Å². The van der Waals surface area contributed by atoms with Crippen LogP contribution in [0, 0.1) is 5.92 Å². The number of anilines is 1. The van der Waals surface area contributed by atoms with Gasteiger partial charge in [0.2, 0.25) is 5.91 Å². The van der Waals surface area contributed by atoms with E-state index < -0.39 is 0 Å². The van der Waals surface area contributed by atoms with Crippen LogP contribution in [0.5, 0.6) is 5.75 Å². The fourth-order valence-electron chi connectivity index (χ4n) is 3.33. The van der Waals surface area contributed by atoms with E-state index in [0.717, 1.165) is 29.3 Å². The van der Waals surface area contributed by atoms with Crippen molar-refractivity contribution in [3.05, 3.63) is 42.2 Å². The summed E-state index contributed by atoms with van der Waals surface area (Å²) >= 11 is 0. The maximum absolute atomic E-state index is 12.1. The van der Waals surface area contributed by atoms with Crippen molar-refractivity contribution >= 4 is 11.6 Å². The summed E-state index contributed by atoms with van der Waals surface area (Å²) in [6.07, 6.45) is 10.4. The third-order valence-corrected chi connectivity index (χ3v) is 4.65. The molecular formula is C19H25N3O2. The molecule has 1 N–H and O–H groups in total. The zero-order chi connectivity index (χ0) is 16.8. The summed E-state index contributed by atoms with van der Waals surface area (Å²) in [4.78, 5) is 12.1. The van der Waals surface area contributed by atoms with Gasteiger partial charge >= 0.3 is 0 Å². The normalized spacial score (nSPS) is 14.7. The van der Waals surface area contributed by atoms with Crippen molar-refractivity contribution in [1.29, 1.82) is 0 Å². The van der Waals surface area contributed by atoms with Gasteiger partial charge < -0.3 is 10.1 Å². The van der Waals surface area contributed by atoms with E-state index in [1.54, 1.807) is 13.3 Å². The van der Waals surface area contributed by atoms with Gasteiger partial charge in [0.15, 0.2) is 0 Å². The van der Waals surface area contributed by atoms with Gasteiger partial charge in [-0.1, -0.05) is 37.8 Å². The summed E-state index contributed by atoms with van der Waals surface area (Å²) in [5, 5.41) is 7.27. The fourth-order valence-corrected chi connectivity index (χ4v) is 3.33. The van der Waals surface area contributed by atoms with E-state index in [1.807, 2.05) is 35.1 Å². The third kappa shape index (κ3) is 4.60. The molecule has 0 saturated heterocycles. The lowest BCUT2D eigenvalue weighted by Crippen LogP contribution is -2.12. The predicted molar refractivity (Wildman–Crippen MR) is 94.1 cm³/mol. The topological polar surface area (TPSA) is 56.1 Å². The number of aromatic nitrogens is 2. The molecule has 0 radical (unpaired) electrons. The largest absolute Gasteiger partial charge is 0.497 e. The van der Waals surface area contributed by atoms with E-state index in [1.165, 1.54) is 25.7 Å². The van der Waals surface area contributed by atoms with Gasteiger partial charge in [-0.3, -0.25) is 9.48 Å². The first-order chi connectivity index (χ1) is 11.7. The molecule has 1 amide bonds. The van der Waals surface area contributed by atoms with Crippen molar-refractivity contribution in [2.45, 2.75) is 45.1 Å². The van der Waals surface area contributed by atoms with Crippen molar-refractivity contribution in [3.63, 3.8) is 0 Å². The zero-order valence-electron chi connectivity index (χ0n) is 14.2. The molecule has 1 aliphatic carbocycles. The lowest BCUT2D eigenvalue weighted by molar-refractivity contribution is -0.116. The standard InChI is InChI=1S/C19H25N3O2/c1-24-18-8-4-7-16(11-18)13-22-14-17(12-20-22)21-19(23)10-9-15-5-2-3-6-15/h4,7-8,11-12,14-15H,2-3,5-6,9-10,13H2,1H3,(H,21,23). The minimum Gasteiger partial charge on any atom is -0.497 e. The maximum atomic E-state index is 12.1. The van der Waals surface area contributed by atoms with Gasteiger partial charge in [0.1, 0.15) is 5.75 Å². The zero-order valence-corrected chi connectivity index (χ0v) is 14.2. The first-order valence-electron chi connectivity index (χ1n) is 8.68. The van der Waals surface area contributed by atoms with Gasteiger partial charge in [-0.15, -0.1) is 0 Å². The quantitative estimate of drug-likeness (QED) is 0.840. The van der Waals surface area contributed by atoms with E-state index in [9.17, 15) is 4.79 Å². The highest BCUT2D eigenvalue weighted by atomic mass is 16.5. The third-order valence-electron chi connectivity index (χ3n) is 4.65. The number of amides is 1. The highest BCUT2D eigenvalue weighted by molar-refractivity contribution is 5.90. The lowest BCUT2D eigenvalue weighted by Gasteiger charge is -2.08. The van der Waals surface area contributed by atoms with Gasteiger partial charge in [-0.25, -0.2) is 0 Å². The number of carbonyl (C=O) groups excluding carboxylic acids is 1. The summed E-state index contributed by atoms with van der Waals surface area (Å²) in [5.74, 6) is 1.66. The van der Waals surface area contributed by atoms with Crippen LogP contribution in [0.4, 0.5) is 5.69 Å². The molecule has 0 unspecified atom stereocenters. The minimum atomic E-state index is 0.0860. The van der Waals surface area contributed by atoms with Crippen LogP contribution in [0.15, 0.2) is 36.7 Å². The second-order valence-corrected chi connectivity index (χ2v) is 6.52. The Kier molecular flexibility index (Phi) is 5.51. The first-order valence-corrected chi connectivity index (χ1v) is 8.68. The molecule has 1 aromatic heterocycles. The van der Waals surface area contributed by atoms with Crippen LogP contribution in [-0.2, 0) is 11.3 Å². The summed E-state index contributed by atoms with van der Waals surface area (Å²) in [7, 11) is 1.66. The van der Waals surface area contributed by atoms with E-state index >= 15 is 0 Å². The number of benzene rings is 1. The molecule has 1 saturated carbocycles. The van der Waals surface area contributed by atoms with Crippen LogP contribution in [0.25, 0.3) is 0 Å². The Labute approximate surface area is 143 Å². The number of rotatable bonds is 7. The number of hydrogen-bond acceptors (Lipinski definition) is 3. The molecule has 0 atom stereocenters. The second kappa shape index (κ2) is 7.99. The summed E-state index contributed by atoms with van der Waals surface area (Å²) in [6.45, 7) is 0.648. The number of nitrogens with one attached hydrogen (secondary N) is 1. The summed E-state index contributed by atoms with van der Waals surface area (Å²) < 4.78 is 7.05. The molecule has 0 aliphatic heterocycles. The summed E-state index contributed by atoms with van der Waals surface area (Å²) in [6, 6.07) is 7.90. The summed E-state index contributed by atoms with van der Waals surface area (Å²) in [5.41, 5.74) is 1.87. The molecule has 24 heavy (non-hydrogen) atoms. The van der Waals surface area contributed by atoms with Gasteiger partial charge in [-0.05, 0) is 30.0 Å². The van der Waals surface area contributed by atoms with Crippen molar-refractivity contribution in [2.75, 3.05) is 12.4 Å². The Morgan fingerprint density at radius 1 is 1.38 bits per heavy atom. The van der Waals surface area contributed by atoms with E-state index in [4.69, 9.17) is 4.74 Å². The van der Waals surface area contributed by atoms with Gasteiger partial charge in [0, 0.05) is 12.6 Å². The molecule has 0 bridgehead atoms. The van der Waals surface area contributed by atoms with Crippen molar-refractivity contribution in [1.82, 2.24) is 9.78 Å². The molecule has 1 aromatic carbocycles. The maximum Gasteiger partial charge on any atom is 0.224 e. The number of hydrogen-bond donors (Lipinski definition) is 1. The van der Waals surface area contributed by atoms with E-state index in [2.05, 4.69) is 10.4 Å². The molecule has 128 valence electrons. The van der Waals surface area contributed by atoms with Crippen molar-refractivity contribution in [2.24, 2.45) is 5.92 Å². The average molecular weight is 327 g/mol. The monoisotopic (exact) mass is 327 g/mol. The lowest BCUT2D eigenvalue weighted by atomic mass is 10.0. The van der Waals surface area contributed by atoms with E-state index in [0.29, 0.717) is 13.0 Å². The minimum absolute atomic E-state index is 0.0860. The van der Waals surface area contributed by atoms with Gasteiger partial charge in [0.05, 0.1) is 25.5 Å². The van der Waals surface area contributed by atoms with Crippen LogP contribution >= 0.6 is 0 Å². The van der Waals surface area contributed by atoms with Crippen LogP contribution < -0.4 is 10.1 Å². The number of nitrogens with zero attached hydrogens (tertiary/aromatic N) is 2. The SMILES string of the molecule is COc1cccc(Cn2cc(NC(=O)CCC3CCCC3)cn2)c1. The molecule has 5 heteroatoms. The predicted octanol–water partition coefficient (Wildman–Crippen LogP) is 3.85. The van der Waals surface area contributed by atoms with Gasteiger partial charge in [-0.2, -0.15) is 5.10 Å².